The van der Waals surface area contributed by atoms with Crippen molar-refractivity contribution in [3.05, 3.63) is 60.2 Å². The van der Waals surface area contributed by atoms with Crippen molar-refractivity contribution in [1.82, 2.24) is 0 Å². The van der Waals surface area contributed by atoms with Gasteiger partial charge in [0.1, 0.15) is 17.3 Å². The first-order chi connectivity index (χ1) is 10.8. The van der Waals surface area contributed by atoms with Gasteiger partial charge in [0.25, 0.3) is 0 Å². The molecular weight excluding hydrogens is 272 g/mol. The number of carbonyl (C=O) groups is 1. The Morgan fingerprint density at radius 3 is 2.23 bits per heavy atom. The molecule has 2 aromatic rings. The van der Waals surface area contributed by atoms with Crippen LogP contribution in [0.4, 0.5) is 0 Å². The minimum Gasteiger partial charge on any atom is -0.457 e. The molecule has 0 aliphatic heterocycles. The fourth-order valence-corrected chi connectivity index (χ4v) is 3.07. The van der Waals surface area contributed by atoms with E-state index < -0.39 is 0 Å². The third kappa shape index (κ3) is 3.97. The molecule has 2 aromatic carbocycles. The van der Waals surface area contributed by atoms with E-state index in [-0.39, 0.29) is 0 Å². The van der Waals surface area contributed by atoms with Crippen molar-refractivity contribution in [2.45, 2.75) is 38.5 Å². The van der Waals surface area contributed by atoms with Crippen molar-refractivity contribution in [1.29, 1.82) is 0 Å². The average Bonchev–Trinajstić information content (AvgIpc) is 3.09. The normalized spacial score (nSPS) is 14.9. The lowest BCUT2D eigenvalue weighted by Crippen LogP contribution is -2.11. The van der Waals surface area contributed by atoms with Crippen LogP contribution < -0.4 is 4.74 Å². The van der Waals surface area contributed by atoms with Crippen LogP contribution in [0.2, 0.25) is 0 Å². The lowest BCUT2D eigenvalue weighted by Gasteiger charge is -2.09. The van der Waals surface area contributed by atoms with Crippen LogP contribution in [0.3, 0.4) is 0 Å². The molecular formula is C20H22O2. The van der Waals surface area contributed by atoms with E-state index in [4.69, 9.17) is 4.74 Å². The Labute approximate surface area is 132 Å². The second-order valence-corrected chi connectivity index (χ2v) is 6.01. The number of benzene rings is 2. The Morgan fingerprint density at radius 1 is 0.909 bits per heavy atom. The summed E-state index contributed by atoms with van der Waals surface area (Å²) in [5, 5.41) is 0. The molecule has 114 valence electrons. The Bertz CT molecular complexity index is 595. The van der Waals surface area contributed by atoms with E-state index in [0.717, 1.165) is 30.8 Å². The first-order valence-electron chi connectivity index (χ1n) is 8.16. The average molecular weight is 294 g/mol. The third-order valence-electron chi connectivity index (χ3n) is 4.37. The van der Waals surface area contributed by atoms with Crippen LogP contribution in [0.5, 0.6) is 11.5 Å². The zero-order chi connectivity index (χ0) is 15.2. The molecule has 2 nitrogen and oxygen atoms in total. The molecule has 0 N–H and O–H groups in total. The van der Waals surface area contributed by atoms with Gasteiger partial charge in [-0.25, -0.2) is 0 Å². The summed E-state index contributed by atoms with van der Waals surface area (Å²) in [5.74, 6) is 2.45. The SMILES string of the molecule is O=C(CCc1ccc(Oc2ccccc2)cc1)C1CCCC1. The molecule has 0 atom stereocenters. The van der Waals surface area contributed by atoms with Crippen molar-refractivity contribution in [2.24, 2.45) is 5.92 Å². The largest absolute Gasteiger partial charge is 0.457 e. The fraction of sp³-hybridized carbons (Fsp3) is 0.350. The van der Waals surface area contributed by atoms with Crippen LogP contribution in [-0.2, 0) is 11.2 Å². The van der Waals surface area contributed by atoms with Gasteiger partial charge in [0, 0.05) is 12.3 Å². The Kier molecular flexibility index (Phi) is 4.89. The highest BCUT2D eigenvalue weighted by atomic mass is 16.5. The summed E-state index contributed by atoms with van der Waals surface area (Å²) in [7, 11) is 0. The predicted molar refractivity (Wildman–Crippen MR) is 88.2 cm³/mol. The van der Waals surface area contributed by atoms with Crippen LogP contribution in [0.15, 0.2) is 54.6 Å². The van der Waals surface area contributed by atoms with Crippen molar-refractivity contribution in [3.63, 3.8) is 0 Å². The molecule has 1 aliphatic rings. The summed E-state index contributed by atoms with van der Waals surface area (Å²) in [5.41, 5.74) is 1.20. The molecule has 0 aromatic heterocycles. The number of hydrogen-bond donors (Lipinski definition) is 0. The highest BCUT2D eigenvalue weighted by Gasteiger charge is 2.21. The van der Waals surface area contributed by atoms with E-state index in [1.165, 1.54) is 18.4 Å². The summed E-state index contributed by atoms with van der Waals surface area (Å²) in [6.07, 6.45) is 6.15. The highest BCUT2D eigenvalue weighted by molar-refractivity contribution is 5.81. The van der Waals surface area contributed by atoms with Gasteiger partial charge >= 0.3 is 0 Å². The monoisotopic (exact) mass is 294 g/mol. The van der Waals surface area contributed by atoms with Gasteiger partial charge in [-0.2, -0.15) is 0 Å². The maximum atomic E-state index is 12.1. The molecule has 1 saturated carbocycles. The molecule has 0 radical (unpaired) electrons. The molecule has 0 heterocycles. The topological polar surface area (TPSA) is 26.3 Å². The van der Waals surface area contributed by atoms with Crippen LogP contribution in [0.1, 0.15) is 37.7 Å². The maximum Gasteiger partial charge on any atom is 0.136 e. The molecule has 0 unspecified atom stereocenters. The minimum absolute atomic E-state index is 0.334. The summed E-state index contributed by atoms with van der Waals surface area (Å²) in [6.45, 7) is 0. The number of Topliss-reactive ketones (excluding diaryl/α,β-unsaturated/α-hetero) is 1. The van der Waals surface area contributed by atoms with E-state index in [1.54, 1.807) is 0 Å². The van der Waals surface area contributed by atoms with Gasteiger partial charge in [-0.3, -0.25) is 4.79 Å². The summed E-state index contributed by atoms with van der Waals surface area (Å²) in [4.78, 5) is 12.1. The minimum atomic E-state index is 0.334. The number of ether oxygens (including phenoxy) is 1. The molecule has 0 saturated heterocycles. The second kappa shape index (κ2) is 7.26. The molecule has 22 heavy (non-hydrogen) atoms. The standard InChI is InChI=1S/C20H22O2/c21-20(17-6-4-5-7-17)15-12-16-10-13-19(14-11-16)22-18-8-2-1-3-9-18/h1-3,8-11,13-14,17H,4-7,12,15H2. The number of aryl methyl sites for hydroxylation is 1. The molecule has 1 aliphatic carbocycles. The van der Waals surface area contributed by atoms with Crippen molar-refractivity contribution < 1.29 is 9.53 Å². The van der Waals surface area contributed by atoms with Gasteiger partial charge in [0.05, 0.1) is 0 Å². The molecule has 2 heteroatoms. The molecule has 1 fully saturated rings. The second-order valence-electron chi connectivity index (χ2n) is 6.01. The molecule has 0 amide bonds. The van der Waals surface area contributed by atoms with Gasteiger partial charge in [-0.05, 0) is 49.1 Å². The number of rotatable bonds is 6. The summed E-state index contributed by atoms with van der Waals surface area (Å²) < 4.78 is 5.77. The predicted octanol–water partition coefficient (Wildman–Crippen LogP) is 5.17. The van der Waals surface area contributed by atoms with Crippen LogP contribution in [0, 0.1) is 5.92 Å². The third-order valence-corrected chi connectivity index (χ3v) is 4.37. The van der Waals surface area contributed by atoms with Crippen molar-refractivity contribution in [2.75, 3.05) is 0 Å². The van der Waals surface area contributed by atoms with Gasteiger partial charge < -0.3 is 4.74 Å². The zero-order valence-electron chi connectivity index (χ0n) is 12.8. The van der Waals surface area contributed by atoms with Crippen LogP contribution in [0.25, 0.3) is 0 Å². The van der Waals surface area contributed by atoms with Crippen molar-refractivity contribution in [3.8, 4) is 11.5 Å². The molecule has 0 spiro atoms. The number of para-hydroxylation sites is 1. The van der Waals surface area contributed by atoms with E-state index in [9.17, 15) is 4.79 Å². The number of ketones is 1. The molecule has 3 rings (SSSR count). The lowest BCUT2D eigenvalue weighted by molar-refractivity contribution is -0.122. The van der Waals surface area contributed by atoms with Gasteiger partial charge in [0.15, 0.2) is 0 Å². The zero-order valence-corrected chi connectivity index (χ0v) is 12.8. The summed E-state index contributed by atoms with van der Waals surface area (Å²) >= 11 is 0. The Hall–Kier alpha value is -2.09. The van der Waals surface area contributed by atoms with Gasteiger partial charge in [0.2, 0.25) is 0 Å². The number of carbonyl (C=O) groups excluding carboxylic acids is 1. The first-order valence-corrected chi connectivity index (χ1v) is 8.16. The number of hydrogen-bond acceptors (Lipinski definition) is 2. The van der Waals surface area contributed by atoms with Gasteiger partial charge in [-0.15, -0.1) is 0 Å². The van der Waals surface area contributed by atoms with Crippen molar-refractivity contribution >= 4 is 5.78 Å². The van der Waals surface area contributed by atoms with Gasteiger partial charge in [-0.1, -0.05) is 43.2 Å². The fourth-order valence-electron chi connectivity index (χ4n) is 3.07. The quantitative estimate of drug-likeness (QED) is 0.734. The first kappa shape index (κ1) is 14.8. The smallest absolute Gasteiger partial charge is 0.136 e. The van der Waals surface area contributed by atoms with E-state index in [0.29, 0.717) is 18.1 Å². The maximum absolute atomic E-state index is 12.1. The lowest BCUT2D eigenvalue weighted by atomic mass is 9.97. The van der Waals surface area contributed by atoms with E-state index in [1.807, 2.05) is 42.5 Å². The van der Waals surface area contributed by atoms with E-state index in [2.05, 4.69) is 12.1 Å². The Morgan fingerprint density at radius 2 is 1.55 bits per heavy atom. The molecule has 0 bridgehead atoms. The Balaban J connectivity index is 1.52. The highest BCUT2D eigenvalue weighted by Crippen LogP contribution is 2.27. The van der Waals surface area contributed by atoms with Crippen LogP contribution in [-0.4, -0.2) is 5.78 Å². The van der Waals surface area contributed by atoms with Crippen LogP contribution >= 0.6 is 0 Å². The van der Waals surface area contributed by atoms with E-state index >= 15 is 0 Å². The summed E-state index contributed by atoms with van der Waals surface area (Å²) in [6, 6.07) is 17.8.